The van der Waals surface area contributed by atoms with E-state index in [0.29, 0.717) is 0 Å². The van der Waals surface area contributed by atoms with Gasteiger partial charge in [0.15, 0.2) is 8.07 Å². The van der Waals surface area contributed by atoms with Crippen LogP contribution in [0.4, 0.5) is 34.1 Å². The van der Waals surface area contributed by atoms with Gasteiger partial charge in [-0.25, -0.2) is 0 Å². The molecule has 0 bridgehead atoms. The third-order valence-electron chi connectivity index (χ3n) is 15.3. The fourth-order valence-electron chi connectivity index (χ4n) is 11.8. The Kier molecular flexibility index (Phi) is 11.1. The first kappa shape index (κ1) is 45.2. The van der Waals surface area contributed by atoms with Crippen molar-refractivity contribution in [1.82, 2.24) is 0 Å². The van der Waals surface area contributed by atoms with Crippen LogP contribution in [0.15, 0.2) is 249 Å². The summed E-state index contributed by atoms with van der Waals surface area (Å²) in [5.41, 5.74) is 18.5. The summed E-state index contributed by atoms with van der Waals surface area (Å²) < 4.78 is 0. The van der Waals surface area contributed by atoms with Gasteiger partial charge in [-0.3, -0.25) is 0 Å². The van der Waals surface area contributed by atoms with Crippen LogP contribution >= 0.6 is 0 Å². The van der Waals surface area contributed by atoms with Gasteiger partial charge in [-0.1, -0.05) is 241 Å². The minimum Gasteiger partial charge on any atom is -0.311 e. The van der Waals surface area contributed by atoms with Crippen LogP contribution in [0.1, 0.15) is 52.7 Å². The van der Waals surface area contributed by atoms with Gasteiger partial charge in [-0.05, 0) is 125 Å². The summed E-state index contributed by atoms with van der Waals surface area (Å²) in [5, 5.41) is 5.65. The highest BCUT2D eigenvalue weighted by molar-refractivity contribution is 7.26. The van der Waals surface area contributed by atoms with Crippen molar-refractivity contribution in [1.29, 1.82) is 0 Å². The Morgan fingerprint density at radius 3 is 1.50 bits per heavy atom. The highest BCUT2D eigenvalue weighted by Gasteiger charge is 2.53. The van der Waals surface area contributed by atoms with Crippen LogP contribution in [0, 0.1) is 0 Å². The molecule has 0 aliphatic carbocycles. The van der Waals surface area contributed by atoms with Crippen molar-refractivity contribution < 1.29 is 0 Å². The van der Waals surface area contributed by atoms with E-state index in [1.54, 1.807) is 0 Å². The predicted molar refractivity (Wildman–Crippen MR) is 312 cm³/mol. The van der Waals surface area contributed by atoms with E-state index in [-0.39, 0.29) is 17.5 Å². The number of nitrogens with zero attached hydrogens (tertiary/aromatic N) is 2. The molecule has 12 rings (SSSR count). The van der Waals surface area contributed by atoms with Gasteiger partial charge >= 0.3 is 0 Å². The number of hydrogen-bond donors (Lipinski definition) is 0. The van der Waals surface area contributed by atoms with Crippen LogP contribution in [0.5, 0.6) is 0 Å². The Hall–Kier alpha value is -7.92. The lowest BCUT2D eigenvalue weighted by molar-refractivity contribution is 0.590. The first-order chi connectivity index (χ1) is 35.0. The third kappa shape index (κ3) is 7.56. The Morgan fingerprint density at radius 1 is 0.361 bits per heavy atom. The van der Waals surface area contributed by atoms with Gasteiger partial charge in [-0.15, -0.1) is 0 Å². The fraction of sp³-hybridized carbons (Fsp3) is 0.118. The van der Waals surface area contributed by atoms with E-state index in [1.807, 2.05) is 0 Å². The Balaban J connectivity index is 1.21. The van der Waals surface area contributed by atoms with Crippen LogP contribution < -0.4 is 46.9 Å². The van der Waals surface area contributed by atoms with Gasteiger partial charge in [0.25, 0.3) is 0 Å². The first-order valence-electron chi connectivity index (χ1n) is 25.5. The zero-order chi connectivity index (χ0) is 49.2. The van der Waals surface area contributed by atoms with Crippen molar-refractivity contribution >= 4 is 86.0 Å². The van der Waals surface area contributed by atoms with E-state index in [2.05, 4.69) is 300 Å². The molecule has 0 fully saturated rings. The van der Waals surface area contributed by atoms with E-state index in [1.165, 1.54) is 81.9 Å². The maximum atomic E-state index is 2.62. The van der Waals surface area contributed by atoms with Crippen molar-refractivity contribution in [3.63, 3.8) is 0 Å². The Bertz CT molecular complexity index is 3540. The van der Waals surface area contributed by atoms with Gasteiger partial charge < -0.3 is 9.80 Å². The molecule has 72 heavy (non-hydrogen) atoms. The largest absolute Gasteiger partial charge is 0.311 e. The summed E-state index contributed by atoms with van der Waals surface area (Å²) in [7, 11) is -3.06. The number of hydrogen-bond acceptors (Lipinski definition) is 2. The van der Waals surface area contributed by atoms with Crippen molar-refractivity contribution in [2.45, 2.75) is 52.4 Å². The molecule has 10 aromatic carbocycles. The van der Waals surface area contributed by atoms with Crippen molar-refractivity contribution in [2.75, 3.05) is 9.80 Å². The summed E-state index contributed by atoms with van der Waals surface area (Å²) in [4.78, 5) is 5.06. The molecule has 0 N–H and O–H groups in total. The first-order valence-corrected chi connectivity index (χ1v) is 27.5. The van der Waals surface area contributed by atoms with E-state index in [0.717, 1.165) is 22.7 Å². The van der Waals surface area contributed by atoms with E-state index in [9.17, 15) is 0 Å². The van der Waals surface area contributed by atoms with Crippen LogP contribution in [0.2, 0.25) is 0 Å². The molecule has 4 heteroatoms. The number of benzene rings is 10. The molecule has 2 nitrogen and oxygen atoms in total. The van der Waals surface area contributed by atoms with E-state index >= 15 is 0 Å². The molecule has 2 heterocycles. The highest BCUT2D eigenvalue weighted by atomic mass is 28.3. The normalized spacial score (nSPS) is 13.5. The Morgan fingerprint density at radius 2 is 0.875 bits per heavy atom. The van der Waals surface area contributed by atoms with Gasteiger partial charge in [0.05, 0.1) is 5.69 Å². The molecule has 348 valence electrons. The SMILES string of the molecule is CC(C)(C)c1ccc(-c2cc3c4c(c2)[Si](c2ccccc2)(c2ccccc2)c2ccccc2B4c2cc(N(c4ccccc4)c4ccc(C(C)(C)C)cc4)ccc2N3c2ccccc2-c2ccccc2)cc1. The molecule has 0 unspecified atom stereocenters. The van der Waals surface area contributed by atoms with Crippen LogP contribution in [-0.4, -0.2) is 14.8 Å². The van der Waals surface area contributed by atoms with Gasteiger partial charge in [0.1, 0.15) is 0 Å². The standard InChI is InChI=1S/C68H59BN2Si/c1-67(2,3)51-37-35-48(36-38-51)50-45-63-66-65(46-50)72(56-27-15-9-16-28-56,57-29-17-10-18-30-57)64-34-22-20-32-59(64)69(66)60-47-55(70(53-25-13-8-14-26-53)54-41-39-52(40-42-54)68(4,5)6)43-44-62(60)71(63)61-33-21-19-31-58(61)49-23-11-7-12-24-49/h7-47H,1-6H3. The number of anilines is 6. The molecular formula is C68H59BN2Si. The lowest BCUT2D eigenvalue weighted by Gasteiger charge is -2.48. The molecule has 2 aliphatic rings. The van der Waals surface area contributed by atoms with E-state index in [4.69, 9.17) is 0 Å². The fourth-order valence-corrected chi connectivity index (χ4v) is 17.1. The van der Waals surface area contributed by atoms with Crippen molar-refractivity contribution in [3.05, 3.63) is 260 Å². The summed E-state index contributed by atoms with van der Waals surface area (Å²) in [6.45, 7) is 13.7. The average Bonchev–Trinajstić information content (AvgIpc) is 3.41. The van der Waals surface area contributed by atoms with Gasteiger partial charge in [-0.2, -0.15) is 0 Å². The summed E-state index contributed by atoms with van der Waals surface area (Å²) >= 11 is 0. The molecule has 0 atom stereocenters. The van der Waals surface area contributed by atoms with Crippen molar-refractivity contribution in [2.24, 2.45) is 0 Å². The van der Waals surface area contributed by atoms with Crippen LogP contribution in [0.3, 0.4) is 0 Å². The second-order valence-corrected chi connectivity index (χ2v) is 25.4. The molecule has 2 aliphatic heterocycles. The van der Waals surface area contributed by atoms with Gasteiger partial charge in [0, 0.05) is 34.0 Å². The molecule has 0 amide bonds. The highest BCUT2D eigenvalue weighted by Crippen LogP contribution is 2.45. The number of fused-ring (bicyclic) bond motifs is 4. The quantitative estimate of drug-likeness (QED) is 0.140. The zero-order valence-corrected chi connectivity index (χ0v) is 43.1. The molecule has 0 saturated heterocycles. The maximum Gasteiger partial charge on any atom is 0.246 e. The zero-order valence-electron chi connectivity index (χ0n) is 42.1. The number of rotatable bonds is 8. The summed E-state index contributed by atoms with van der Waals surface area (Å²) in [6.07, 6.45) is 0. The third-order valence-corrected chi connectivity index (χ3v) is 20.2. The van der Waals surface area contributed by atoms with Gasteiger partial charge in [0.2, 0.25) is 6.71 Å². The molecule has 0 aromatic heterocycles. The second-order valence-electron chi connectivity index (χ2n) is 21.7. The molecule has 0 saturated carbocycles. The topological polar surface area (TPSA) is 6.48 Å². The molecule has 10 aromatic rings. The Labute approximate surface area is 428 Å². The van der Waals surface area contributed by atoms with Crippen LogP contribution in [-0.2, 0) is 10.8 Å². The summed E-state index contributed by atoms with van der Waals surface area (Å²) in [6, 6.07) is 94.3. The lowest BCUT2D eigenvalue weighted by atomic mass is 9.34. The smallest absolute Gasteiger partial charge is 0.246 e. The predicted octanol–water partition coefficient (Wildman–Crippen LogP) is 13.1. The van der Waals surface area contributed by atoms with Crippen LogP contribution in [0.25, 0.3) is 22.3 Å². The molecule has 0 spiro atoms. The minimum absolute atomic E-state index is 0.0342. The maximum absolute atomic E-state index is 3.06. The minimum atomic E-state index is -3.06. The average molecular weight is 943 g/mol. The number of para-hydroxylation sites is 2. The lowest BCUT2D eigenvalue weighted by Crippen LogP contribution is -2.87. The van der Waals surface area contributed by atoms with Crippen molar-refractivity contribution in [3.8, 4) is 22.3 Å². The summed E-state index contributed by atoms with van der Waals surface area (Å²) in [5.74, 6) is 0. The molecular weight excluding hydrogens is 884 g/mol. The van der Waals surface area contributed by atoms with E-state index < -0.39 is 8.07 Å². The molecule has 0 radical (unpaired) electrons. The second kappa shape index (κ2) is 17.7. The monoisotopic (exact) mass is 942 g/mol.